The monoisotopic (exact) mass is 775 g/mol. The number of hydrogen-bond donors (Lipinski definition) is 0. The molecule has 0 fully saturated rings. The van der Waals surface area contributed by atoms with Crippen molar-refractivity contribution in [2.24, 2.45) is 0 Å². The molecule has 0 rings (SSSR count). The molecule has 0 aromatic carbocycles. The molecule has 6 heteroatoms. The quantitative estimate of drug-likeness (QED) is 0.0266. The summed E-state index contributed by atoms with van der Waals surface area (Å²) < 4.78 is 16.7. The van der Waals surface area contributed by atoms with Crippen molar-refractivity contribution in [3.63, 3.8) is 0 Å². The summed E-state index contributed by atoms with van der Waals surface area (Å²) in [6, 6.07) is 0. The van der Waals surface area contributed by atoms with Gasteiger partial charge in [0.2, 0.25) is 0 Å². The van der Waals surface area contributed by atoms with E-state index in [1.54, 1.807) is 0 Å². The van der Waals surface area contributed by atoms with E-state index in [1.807, 2.05) is 0 Å². The van der Waals surface area contributed by atoms with E-state index in [0.717, 1.165) is 89.9 Å². The van der Waals surface area contributed by atoms with Crippen LogP contribution in [0, 0.1) is 0 Å². The molecule has 0 aliphatic rings. The number of allylic oxidation sites excluding steroid dienone is 4. The van der Waals surface area contributed by atoms with Crippen molar-refractivity contribution in [1.82, 2.24) is 0 Å². The van der Waals surface area contributed by atoms with Crippen molar-refractivity contribution >= 4 is 17.9 Å². The van der Waals surface area contributed by atoms with Crippen LogP contribution >= 0.6 is 0 Å². The molecule has 0 saturated heterocycles. The lowest BCUT2D eigenvalue weighted by atomic mass is 10.0. The number of unbranched alkanes of at least 4 members (excludes halogenated alkanes) is 28. The number of rotatable bonds is 43. The molecule has 0 radical (unpaired) electrons. The zero-order valence-corrected chi connectivity index (χ0v) is 36.7. The van der Waals surface area contributed by atoms with Gasteiger partial charge in [0.05, 0.1) is 0 Å². The Bertz CT molecular complexity index is 896. The fourth-order valence-corrected chi connectivity index (χ4v) is 6.80. The Labute approximate surface area is 341 Å². The van der Waals surface area contributed by atoms with Crippen molar-refractivity contribution in [2.45, 2.75) is 258 Å². The number of esters is 3. The molecular formula is C49H90O6. The maximum absolute atomic E-state index is 12.7. The van der Waals surface area contributed by atoms with Crippen molar-refractivity contribution in [3.8, 4) is 0 Å². The predicted molar refractivity (Wildman–Crippen MR) is 233 cm³/mol. The minimum Gasteiger partial charge on any atom is -0.462 e. The average molecular weight is 775 g/mol. The van der Waals surface area contributed by atoms with Gasteiger partial charge in [-0.05, 0) is 57.8 Å². The smallest absolute Gasteiger partial charge is 0.306 e. The van der Waals surface area contributed by atoms with Gasteiger partial charge in [-0.3, -0.25) is 14.4 Å². The third-order valence-electron chi connectivity index (χ3n) is 10.4. The van der Waals surface area contributed by atoms with Crippen LogP contribution in [0.4, 0.5) is 0 Å². The van der Waals surface area contributed by atoms with Crippen LogP contribution in [-0.4, -0.2) is 37.2 Å². The highest BCUT2D eigenvalue weighted by molar-refractivity contribution is 5.71. The van der Waals surface area contributed by atoms with Crippen molar-refractivity contribution in [1.29, 1.82) is 0 Å². The van der Waals surface area contributed by atoms with Gasteiger partial charge in [-0.2, -0.15) is 0 Å². The Morgan fingerprint density at radius 2 is 0.636 bits per heavy atom. The van der Waals surface area contributed by atoms with Crippen LogP contribution in [0.25, 0.3) is 0 Å². The first-order valence-corrected chi connectivity index (χ1v) is 23.8. The lowest BCUT2D eigenvalue weighted by Gasteiger charge is -2.18. The van der Waals surface area contributed by atoms with Crippen LogP contribution < -0.4 is 0 Å². The summed E-state index contributed by atoms with van der Waals surface area (Å²) in [7, 11) is 0. The van der Waals surface area contributed by atoms with Crippen LogP contribution in [0.5, 0.6) is 0 Å². The summed E-state index contributed by atoms with van der Waals surface area (Å²) in [5.74, 6) is -0.890. The standard InChI is InChI=1S/C49H90O6/c1-4-7-10-13-16-19-22-23-24-25-26-27-28-31-33-36-39-42-48(51)54-45-46(55-49(52)43-40-37-34-30-21-18-15-12-9-6-3)44-53-47(50)41-38-35-32-29-20-17-14-11-8-5-2/h11-12,14-15,46H,4-10,13,16-45H2,1-3H3/b14-11-,15-12-. The first-order valence-electron chi connectivity index (χ1n) is 23.8. The summed E-state index contributed by atoms with van der Waals surface area (Å²) >= 11 is 0. The SMILES string of the molecule is CCC/C=C\CCCCCCCC(=O)OCC(COC(=O)CCCCCCCCCCCCCCCCCCC)OC(=O)CCCCCCC/C=C\CCC. The normalized spacial score (nSPS) is 12.1. The summed E-state index contributed by atoms with van der Waals surface area (Å²) in [5, 5.41) is 0. The lowest BCUT2D eigenvalue weighted by Crippen LogP contribution is -2.30. The summed E-state index contributed by atoms with van der Waals surface area (Å²) in [4.78, 5) is 37.7. The Balaban J connectivity index is 4.27. The second kappa shape index (κ2) is 44.6. The number of carbonyl (C=O) groups excluding carboxylic acids is 3. The third kappa shape index (κ3) is 42.9. The Kier molecular flexibility index (Phi) is 42.9. The molecule has 0 aliphatic carbocycles. The van der Waals surface area contributed by atoms with Crippen LogP contribution in [0.15, 0.2) is 24.3 Å². The zero-order valence-electron chi connectivity index (χ0n) is 36.7. The van der Waals surface area contributed by atoms with Gasteiger partial charge in [-0.15, -0.1) is 0 Å². The van der Waals surface area contributed by atoms with E-state index in [2.05, 4.69) is 45.1 Å². The van der Waals surface area contributed by atoms with E-state index in [-0.39, 0.29) is 31.1 Å². The number of carbonyl (C=O) groups is 3. The van der Waals surface area contributed by atoms with E-state index in [1.165, 1.54) is 122 Å². The van der Waals surface area contributed by atoms with E-state index in [9.17, 15) is 14.4 Å². The highest BCUT2D eigenvalue weighted by Crippen LogP contribution is 2.15. The van der Waals surface area contributed by atoms with Gasteiger partial charge in [0, 0.05) is 19.3 Å². The second-order valence-corrected chi connectivity index (χ2v) is 16.0. The minimum absolute atomic E-state index is 0.0743. The number of ether oxygens (including phenoxy) is 3. The van der Waals surface area contributed by atoms with Gasteiger partial charge in [-0.25, -0.2) is 0 Å². The minimum atomic E-state index is -0.772. The molecule has 0 aromatic rings. The molecular weight excluding hydrogens is 685 g/mol. The lowest BCUT2D eigenvalue weighted by molar-refractivity contribution is -0.167. The van der Waals surface area contributed by atoms with Crippen molar-refractivity contribution in [2.75, 3.05) is 13.2 Å². The third-order valence-corrected chi connectivity index (χ3v) is 10.4. The van der Waals surface area contributed by atoms with Crippen molar-refractivity contribution < 1.29 is 28.6 Å². The molecule has 0 amide bonds. The molecule has 55 heavy (non-hydrogen) atoms. The molecule has 322 valence electrons. The molecule has 6 nitrogen and oxygen atoms in total. The van der Waals surface area contributed by atoms with Gasteiger partial charge in [0.1, 0.15) is 13.2 Å². The maximum atomic E-state index is 12.7. The summed E-state index contributed by atoms with van der Waals surface area (Å²) in [5.41, 5.74) is 0. The summed E-state index contributed by atoms with van der Waals surface area (Å²) in [6.45, 7) is 6.51. The van der Waals surface area contributed by atoms with Crippen LogP contribution in [0.1, 0.15) is 252 Å². The van der Waals surface area contributed by atoms with Gasteiger partial charge < -0.3 is 14.2 Å². The van der Waals surface area contributed by atoms with Gasteiger partial charge in [0.15, 0.2) is 6.10 Å². The largest absolute Gasteiger partial charge is 0.462 e. The van der Waals surface area contributed by atoms with Gasteiger partial charge in [0.25, 0.3) is 0 Å². The second-order valence-electron chi connectivity index (χ2n) is 16.0. The molecule has 0 spiro atoms. The fraction of sp³-hybridized carbons (Fsp3) is 0.857. The first-order chi connectivity index (χ1) is 27.0. The van der Waals surface area contributed by atoms with Crippen molar-refractivity contribution in [3.05, 3.63) is 24.3 Å². The molecule has 0 heterocycles. The van der Waals surface area contributed by atoms with Crippen LogP contribution in [-0.2, 0) is 28.6 Å². The zero-order chi connectivity index (χ0) is 40.1. The Morgan fingerprint density at radius 1 is 0.345 bits per heavy atom. The Morgan fingerprint density at radius 3 is 0.982 bits per heavy atom. The van der Waals surface area contributed by atoms with Gasteiger partial charge >= 0.3 is 17.9 Å². The van der Waals surface area contributed by atoms with E-state index in [4.69, 9.17) is 14.2 Å². The van der Waals surface area contributed by atoms with E-state index >= 15 is 0 Å². The van der Waals surface area contributed by atoms with E-state index < -0.39 is 6.10 Å². The highest BCUT2D eigenvalue weighted by Gasteiger charge is 2.19. The molecule has 0 bridgehead atoms. The molecule has 0 aliphatic heterocycles. The fourth-order valence-electron chi connectivity index (χ4n) is 6.80. The molecule has 1 atom stereocenters. The van der Waals surface area contributed by atoms with Crippen LogP contribution in [0.2, 0.25) is 0 Å². The summed E-state index contributed by atoms with van der Waals surface area (Å²) in [6.07, 6.45) is 48.8. The Hall–Kier alpha value is -2.11. The maximum Gasteiger partial charge on any atom is 0.306 e. The molecule has 0 saturated carbocycles. The first kappa shape index (κ1) is 52.9. The van der Waals surface area contributed by atoms with E-state index in [0.29, 0.717) is 19.3 Å². The van der Waals surface area contributed by atoms with Crippen LogP contribution in [0.3, 0.4) is 0 Å². The predicted octanol–water partition coefficient (Wildman–Crippen LogP) is 15.2. The molecule has 0 aromatic heterocycles. The topological polar surface area (TPSA) is 78.9 Å². The highest BCUT2D eigenvalue weighted by atomic mass is 16.6. The van der Waals surface area contributed by atoms with Gasteiger partial charge in [-0.1, -0.05) is 199 Å². The number of hydrogen-bond acceptors (Lipinski definition) is 6. The molecule has 0 N–H and O–H groups in total. The molecule has 1 unspecified atom stereocenters. The average Bonchev–Trinajstić information content (AvgIpc) is 3.18.